The molecule has 1 fully saturated rings. The minimum absolute atomic E-state index is 0.0238. The number of nitrogens with zero attached hydrogens (tertiary/aromatic N) is 7. The molecular formula is C18H22FN9O2. The van der Waals surface area contributed by atoms with E-state index in [0.29, 0.717) is 34.5 Å². The monoisotopic (exact) mass is 415 g/mol. The van der Waals surface area contributed by atoms with Gasteiger partial charge in [-0.2, -0.15) is 9.97 Å². The number of aryl methyl sites for hydroxylation is 2. The van der Waals surface area contributed by atoms with Crippen LogP contribution in [0.15, 0.2) is 24.7 Å². The zero-order valence-electron chi connectivity index (χ0n) is 16.8. The maximum absolute atomic E-state index is 14.6. The fourth-order valence-corrected chi connectivity index (χ4v) is 3.49. The maximum Gasteiger partial charge on any atom is 0.256 e. The highest BCUT2D eigenvalue weighted by molar-refractivity contribution is 5.92. The van der Waals surface area contributed by atoms with Crippen molar-refractivity contribution in [3.05, 3.63) is 24.7 Å². The van der Waals surface area contributed by atoms with Gasteiger partial charge in [0, 0.05) is 32.1 Å². The molecule has 11 nitrogen and oxygen atoms in total. The Bertz CT molecular complexity index is 1140. The van der Waals surface area contributed by atoms with Crippen molar-refractivity contribution in [2.75, 3.05) is 30.4 Å². The van der Waals surface area contributed by atoms with Gasteiger partial charge in [-0.1, -0.05) is 6.58 Å². The van der Waals surface area contributed by atoms with Crippen LogP contribution >= 0.6 is 0 Å². The first kappa shape index (κ1) is 19.6. The highest BCUT2D eigenvalue weighted by atomic mass is 19.1. The second kappa shape index (κ2) is 7.28. The first-order chi connectivity index (χ1) is 14.3. The number of hydrogen-bond donors (Lipinski definition) is 2. The normalized spacial score (nSPS) is 18.7. The fourth-order valence-electron chi connectivity index (χ4n) is 3.49. The Morgan fingerprint density at radius 1 is 1.37 bits per heavy atom. The summed E-state index contributed by atoms with van der Waals surface area (Å²) in [6.45, 7) is 3.85. The van der Waals surface area contributed by atoms with Crippen LogP contribution in [-0.4, -0.2) is 61.6 Å². The molecule has 0 aliphatic carbocycles. The molecule has 12 heteroatoms. The van der Waals surface area contributed by atoms with Gasteiger partial charge in [-0.25, -0.2) is 9.37 Å². The number of hydrogen-bond acceptors (Lipinski definition) is 8. The summed E-state index contributed by atoms with van der Waals surface area (Å²) in [6, 6.07) is 0. The number of carbonyl (C=O) groups is 1. The lowest BCUT2D eigenvalue weighted by Gasteiger charge is -2.17. The number of halogens is 1. The molecule has 0 bridgehead atoms. The SMILES string of the molecule is C=C(C(N)=O)[C@@H]1CN(c2nc(Nc3cn(C)nc3OC)c3ncn(C)c3n2)C[C@@H]1F. The Labute approximate surface area is 171 Å². The highest BCUT2D eigenvalue weighted by Crippen LogP contribution is 2.32. The van der Waals surface area contributed by atoms with Crippen molar-refractivity contribution < 1.29 is 13.9 Å². The average molecular weight is 415 g/mol. The van der Waals surface area contributed by atoms with Gasteiger partial charge < -0.3 is 25.3 Å². The number of rotatable bonds is 6. The topological polar surface area (TPSA) is 129 Å². The number of alkyl halides is 1. The number of amides is 1. The van der Waals surface area contributed by atoms with Crippen LogP contribution in [0, 0.1) is 5.92 Å². The van der Waals surface area contributed by atoms with Crippen molar-refractivity contribution in [1.29, 1.82) is 0 Å². The molecule has 0 unspecified atom stereocenters. The van der Waals surface area contributed by atoms with Gasteiger partial charge in [0.2, 0.25) is 11.9 Å². The minimum Gasteiger partial charge on any atom is -0.478 e. The van der Waals surface area contributed by atoms with Crippen LogP contribution in [0.3, 0.4) is 0 Å². The van der Waals surface area contributed by atoms with Gasteiger partial charge in [-0.15, -0.1) is 5.10 Å². The number of fused-ring (bicyclic) bond motifs is 1. The summed E-state index contributed by atoms with van der Waals surface area (Å²) in [5.74, 6) is -0.292. The third-order valence-corrected chi connectivity index (χ3v) is 5.08. The van der Waals surface area contributed by atoms with Crippen molar-refractivity contribution in [1.82, 2.24) is 29.3 Å². The van der Waals surface area contributed by atoms with Crippen molar-refractivity contribution in [2.24, 2.45) is 25.7 Å². The van der Waals surface area contributed by atoms with Crippen LogP contribution in [0.1, 0.15) is 0 Å². The predicted molar refractivity (Wildman–Crippen MR) is 108 cm³/mol. The molecule has 1 aliphatic rings. The van der Waals surface area contributed by atoms with E-state index in [1.54, 1.807) is 40.8 Å². The van der Waals surface area contributed by atoms with Crippen LogP contribution in [0.2, 0.25) is 0 Å². The standard InChI is InChI=1S/C18H22FN9O2/c1-9(14(20)29)10-5-28(6-11(10)19)18-23-15(13-16(24-18)26(2)8-21-13)22-12-7-27(3)25-17(12)30-4/h7-8,10-11H,1,5-6H2,2-4H3,(H2,20,29)(H,22,23,24)/t10-,11-/m0/s1. The molecule has 2 atom stereocenters. The largest absolute Gasteiger partial charge is 0.478 e. The maximum atomic E-state index is 14.6. The molecule has 4 rings (SSSR count). The van der Waals surface area contributed by atoms with Crippen LogP contribution in [0.4, 0.5) is 21.8 Å². The molecule has 0 radical (unpaired) electrons. The summed E-state index contributed by atoms with van der Waals surface area (Å²) >= 11 is 0. The smallest absolute Gasteiger partial charge is 0.256 e. The van der Waals surface area contributed by atoms with Crippen molar-refractivity contribution in [2.45, 2.75) is 6.17 Å². The molecule has 158 valence electrons. The molecule has 0 spiro atoms. The zero-order chi connectivity index (χ0) is 21.6. The molecule has 1 saturated heterocycles. The van der Waals surface area contributed by atoms with Gasteiger partial charge in [-0.3, -0.25) is 9.48 Å². The number of imidazole rings is 1. The molecule has 3 aromatic heterocycles. The van der Waals surface area contributed by atoms with E-state index in [9.17, 15) is 9.18 Å². The van der Waals surface area contributed by atoms with E-state index in [2.05, 4.69) is 31.9 Å². The molecule has 30 heavy (non-hydrogen) atoms. The molecule has 1 amide bonds. The van der Waals surface area contributed by atoms with E-state index in [4.69, 9.17) is 10.5 Å². The third kappa shape index (κ3) is 3.29. The lowest BCUT2D eigenvalue weighted by Crippen LogP contribution is -2.26. The summed E-state index contributed by atoms with van der Waals surface area (Å²) in [6.07, 6.45) is 2.06. The Balaban J connectivity index is 1.72. The van der Waals surface area contributed by atoms with Crippen molar-refractivity contribution in [3.63, 3.8) is 0 Å². The van der Waals surface area contributed by atoms with E-state index in [-0.39, 0.29) is 18.7 Å². The third-order valence-electron chi connectivity index (χ3n) is 5.08. The molecule has 0 aromatic carbocycles. The van der Waals surface area contributed by atoms with E-state index >= 15 is 0 Å². The Kier molecular flexibility index (Phi) is 4.76. The van der Waals surface area contributed by atoms with Crippen LogP contribution in [-0.2, 0) is 18.9 Å². The van der Waals surface area contributed by atoms with Gasteiger partial charge in [0.25, 0.3) is 5.88 Å². The quantitative estimate of drug-likeness (QED) is 0.562. The number of primary amides is 1. The summed E-state index contributed by atoms with van der Waals surface area (Å²) in [5, 5.41) is 7.40. The zero-order valence-corrected chi connectivity index (χ0v) is 16.8. The lowest BCUT2D eigenvalue weighted by atomic mass is 9.98. The molecular weight excluding hydrogens is 393 g/mol. The van der Waals surface area contributed by atoms with Gasteiger partial charge in [-0.05, 0) is 0 Å². The number of aromatic nitrogens is 6. The van der Waals surface area contributed by atoms with Crippen LogP contribution < -0.4 is 20.7 Å². The Morgan fingerprint density at radius 2 is 2.13 bits per heavy atom. The van der Waals surface area contributed by atoms with Crippen LogP contribution in [0.5, 0.6) is 5.88 Å². The molecule has 3 N–H and O–H groups in total. The van der Waals surface area contributed by atoms with E-state index < -0.39 is 18.0 Å². The number of carbonyl (C=O) groups excluding carboxylic acids is 1. The number of methoxy groups -OCH3 is 1. The van der Waals surface area contributed by atoms with E-state index in [1.807, 2.05) is 0 Å². The second-order valence-corrected chi connectivity index (χ2v) is 7.17. The Hall–Kier alpha value is -3.70. The van der Waals surface area contributed by atoms with Crippen molar-refractivity contribution >= 4 is 34.5 Å². The lowest BCUT2D eigenvalue weighted by molar-refractivity contribution is -0.115. The highest BCUT2D eigenvalue weighted by Gasteiger charge is 2.38. The van der Waals surface area contributed by atoms with Gasteiger partial charge in [0.1, 0.15) is 11.9 Å². The fraction of sp³-hybridized carbons (Fsp3) is 0.389. The van der Waals surface area contributed by atoms with E-state index in [1.165, 1.54) is 7.11 Å². The summed E-state index contributed by atoms with van der Waals surface area (Å²) in [5.41, 5.74) is 7.05. The molecule has 3 aromatic rings. The summed E-state index contributed by atoms with van der Waals surface area (Å²) < 4.78 is 23.2. The summed E-state index contributed by atoms with van der Waals surface area (Å²) in [7, 11) is 5.10. The molecule has 0 saturated carbocycles. The number of nitrogens with two attached hydrogens (primary N) is 1. The second-order valence-electron chi connectivity index (χ2n) is 7.17. The first-order valence-corrected chi connectivity index (χ1v) is 9.19. The molecule has 1 aliphatic heterocycles. The Morgan fingerprint density at radius 3 is 2.83 bits per heavy atom. The average Bonchev–Trinajstić information content (AvgIpc) is 3.38. The number of anilines is 3. The van der Waals surface area contributed by atoms with Gasteiger partial charge in [0.15, 0.2) is 17.0 Å². The first-order valence-electron chi connectivity index (χ1n) is 9.19. The van der Waals surface area contributed by atoms with Crippen LogP contribution in [0.25, 0.3) is 11.2 Å². The van der Waals surface area contributed by atoms with Gasteiger partial charge in [0.05, 0.1) is 26.2 Å². The summed E-state index contributed by atoms with van der Waals surface area (Å²) in [4.78, 5) is 26.6. The van der Waals surface area contributed by atoms with E-state index in [0.717, 1.165) is 0 Å². The van der Waals surface area contributed by atoms with Crippen molar-refractivity contribution in [3.8, 4) is 5.88 Å². The predicted octanol–water partition coefficient (Wildman–Crippen LogP) is 0.665. The van der Waals surface area contributed by atoms with Gasteiger partial charge >= 0.3 is 0 Å². The minimum atomic E-state index is -1.30. The number of ether oxygens (including phenoxy) is 1. The molecule has 4 heterocycles. The number of nitrogens with one attached hydrogen (secondary N) is 1.